The summed E-state index contributed by atoms with van der Waals surface area (Å²) < 4.78 is 24.9. The SMILES string of the molecule is Cc1ccc(OCCOc2ccccc2/C=C2\SC(=O)N(Cc3ccc(F)cc3Cl)C2=O)cc1. The van der Waals surface area contributed by atoms with Crippen LogP contribution in [0, 0.1) is 12.7 Å². The molecule has 0 spiro atoms. The van der Waals surface area contributed by atoms with Crippen LogP contribution in [0.25, 0.3) is 6.08 Å². The zero-order chi connectivity index (χ0) is 24.1. The van der Waals surface area contributed by atoms with Crippen LogP contribution in [0.2, 0.25) is 5.02 Å². The molecule has 5 nitrogen and oxygen atoms in total. The molecule has 1 aliphatic rings. The van der Waals surface area contributed by atoms with Gasteiger partial charge in [0.25, 0.3) is 11.1 Å². The second kappa shape index (κ2) is 10.8. The number of para-hydroxylation sites is 1. The molecule has 0 bridgehead atoms. The van der Waals surface area contributed by atoms with E-state index in [1.165, 1.54) is 12.1 Å². The number of carbonyl (C=O) groups excluding carboxylic acids is 2. The first-order chi connectivity index (χ1) is 16.4. The van der Waals surface area contributed by atoms with Crippen molar-refractivity contribution < 1.29 is 23.5 Å². The van der Waals surface area contributed by atoms with Crippen LogP contribution in [-0.4, -0.2) is 29.3 Å². The lowest BCUT2D eigenvalue weighted by atomic mass is 10.1. The molecule has 1 heterocycles. The van der Waals surface area contributed by atoms with Crippen LogP contribution in [-0.2, 0) is 11.3 Å². The predicted molar refractivity (Wildman–Crippen MR) is 132 cm³/mol. The molecule has 0 atom stereocenters. The molecule has 34 heavy (non-hydrogen) atoms. The van der Waals surface area contributed by atoms with Crippen molar-refractivity contribution in [3.8, 4) is 11.5 Å². The molecule has 0 aliphatic carbocycles. The van der Waals surface area contributed by atoms with Crippen molar-refractivity contribution >= 4 is 40.6 Å². The third-order valence-electron chi connectivity index (χ3n) is 5.05. The summed E-state index contributed by atoms with van der Waals surface area (Å²) in [7, 11) is 0. The summed E-state index contributed by atoms with van der Waals surface area (Å²) in [5.41, 5.74) is 2.31. The van der Waals surface area contributed by atoms with Gasteiger partial charge in [-0.05, 0) is 60.7 Å². The number of benzene rings is 3. The number of nitrogens with zero attached hydrogens (tertiary/aromatic N) is 1. The number of ether oxygens (including phenoxy) is 2. The second-order valence-electron chi connectivity index (χ2n) is 7.55. The van der Waals surface area contributed by atoms with Gasteiger partial charge < -0.3 is 9.47 Å². The number of rotatable bonds is 8. The van der Waals surface area contributed by atoms with Crippen molar-refractivity contribution in [3.05, 3.63) is 99.2 Å². The van der Waals surface area contributed by atoms with Crippen LogP contribution < -0.4 is 9.47 Å². The standard InChI is InChI=1S/C26H21ClFNO4S/c1-17-6-10-21(11-7-17)32-12-13-33-23-5-3-2-4-18(23)14-24-25(30)29(26(31)34-24)16-19-8-9-20(28)15-22(19)27/h2-11,14-15H,12-13,16H2,1H3/b24-14-. The topological polar surface area (TPSA) is 55.8 Å². The van der Waals surface area contributed by atoms with Gasteiger partial charge in [0.15, 0.2) is 0 Å². The Bertz CT molecular complexity index is 1250. The quantitative estimate of drug-likeness (QED) is 0.263. The Balaban J connectivity index is 1.41. The molecule has 4 rings (SSSR count). The second-order valence-corrected chi connectivity index (χ2v) is 8.95. The van der Waals surface area contributed by atoms with Gasteiger partial charge in [-0.25, -0.2) is 4.39 Å². The third-order valence-corrected chi connectivity index (χ3v) is 6.31. The fourth-order valence-corrected chi connectivity index (χ4v) is 4.33. The van der Waals surface area contributed by atoms with E-state index < -0.39 is 17.0 Å². The molecule has 8 heteroatoms. The minimum Gasteiger partial charge on any atom is -0.490 e. The Kier molecular flexibility index (Phi) is 7.55. The molecule has 1 aliphatic heterocycles. The van der Waals surface area contributed by atoms with E-state index in [1.54, 1.807) is 18.2 Å². The molecular weight excluding hydrogens is 477 g/mol. The molecule has 174 valence electrons. The van der Waals surface area contributed by atoms with E-state index in [9.17, 15) is 14.0 Å². The van der Waals surface area contributed by atoms with E-state index in [2.05, 4.69) is 0 Å². The molecule has 3 aromatic carbocycles. The molecule has 0 saturated carbocycles. The van der Waals surface area contributed by atoms with E-state index in [0.717, 1.165) is 34.0 Å². The Labute approximate surface area is 206 Å². The number of thioether (sulfide) groups is 1. The van der Waals surface area contributed by atoms with Gasteiger partial charge in [-0.3, -0.25) is 14.5 Å². The number of imide groups is 1. The Hall–Kier alpha value is -3.29. The lowest BCUT2D eigenvalue weighted by molar-refractivity contribution is -0.123. The summed E-state index contributed by atoms with van der Waals surface area (Å²) in [6.07, 6.45) is 1.63. The first-order valence-corrected chi connectivity index (χ1v) is 11.7. The van der Waals surface area contributed by atoms with Crippen LogP contribution in [0.4, 0.5) is 9.18 Å². The molecule has 2 amide bonds. The number of carbonyl (C=O) groups is 2. The lowest BCUT2D eigenvalue weighted by Gasteiger charge is -2.13. The van der Waals surface area contributed by atoms with E-state index >= 15 is 0 Å². The zero-order valence-corrected chi connectivity index (χ0v) is 19.9. The Morgan fingerprint density at radius 1 is 1.00 bits per heavy atom. The van der Waals surface area contributed by atoms with E-state index in [1.807, 2.05) is 43.3 Å². The van der Waals surface area contributed by atoms with Gasteiger partial charge in [0, 0.05) is 10.6 Å². The highest BCUT2D eigenvalue weighted by Crippen LogP contribution is 2.35. The van der Waals surface area contributed by atoms with Crippen LogP contribution in [0.15, 0.2) is 71.6 Å². The van der Waals surface area contributed by atoms with Crippen molar-refractivity contribution in [1.82, 2.24) is 4.90 Å². The highest BCUT2D eigenvalue weighted by Gasteiger charge is 2.35. The van der Waals surface area contributed by atoms with E-state index in [0.29, 0.717) is 30.1 Å². The molecule has 1 saturated heterocycles. The van der Waals surface area contributed by atoms with Crippen LogP contribution in [0.1, 0.15) is 16.7 Å². The summed E-state index contributed by atoms with van der Waals surface area (Å²) in [4.78, 5) is 26.7. The molecule has 0 unspecified atom stereocenters. The fraction of sp³-hybridized carbons (Fsp3) is 0.154. The van der Waals surface area contributed by atoms with Gasteiger partial charge in [0.1, 0.15) is 30.5 Å². The number of halogens is 2. The average Bonchev–Trinajstić information content (AvgIpc) is 3.08. The minimum absolute atomic E-state index is 0.0321. The maximum absolute atomic E-state index is 13.3. The van der Waals surface area contributed by atoms with E-state index in [-0.39, 0.29) is 16.5 Å². The highest BCUT2D eigenvalue weighted by atomic mass is 35.5. The summed E-state index contributed by atoms with van der Waals surface area (Å²) in [5.74, 6) is 0.414. The Morgan fingerprint density at radius 2 is 1.74 bits per heavy atom. The van der Waals surface area contributed by atoms with Crippen molar-refractivity contribution in [2.24, 2.45) is 0 Å². The normalized spacial score (nSPS) is 14.7. The Morgan fingerprint density at radius 3 is 2.50 bits per heavy atom. The summed E-state index contributed by atoms with van der Waals surface area (Å²) >= 11 is 6.90. The average molecular weight is 498 g/mol. The van der Waals surface area contributed by atoms with Gasteiger partial charge in [0.05, 0.1) is 11.4 Å². The fourth-order valence-electron chi connectivity index (χ4n) is 3.27. The largest absolute Gasteiger partial charge is 0.490 e. The minimum atomic E-state index is -0.483. The number of aryl methyl sites for hydroxylation is 1. The van der Waals surface area contributed by atoms with Gasteiger partial charge in [0.2, 0.25) is 0 Å². The zero-order valence-electron chi connectivity index (χ0n) is 18.3. The van der Waals surface area contributed by atoms with Crippen molar-refractivity contribution in [2.75, 3.05) is 13.2 Å². The van der Waals surface area contributed by atoms with Crippen molar-refractivity contribution in [2.45, 2.75) is 13.5 Å². The third kappa shape index (κ3) is 5.79. The number of amides is 2. The summed E-state index contributed by atoms with van der Waals surface area (Å²) in [6, 6.07) is 18.9. The maximum atomic E-state index is 13.3. The van der Waals surface area contributed by atoms with Gasteiger partial charge in [-0.2, -0.15) is 0 Å². The van der Waals surface area contributed by atoms with Gasteiger partial charge in [-0.1, -0.05) is 53.6 Å². The maximum Gasteiger partial charge on any atom is 0.293 e. The van der Waals surface area contributed by atoms with Crippen LogP contribution in [0.5, 0.6) is 11.5 Å². The van der Waals surface area contributed by atoms with Crippen molar-refractivity contribution in [3.63, 3.8) is 0 Å². The van der Waals surface area contributed by atoms with Crippen LogP contribution in [0.3, 0.4) is 0 Å². The molecule has 0 N–H and O–H groups in total. The molecule has 3 aromatic rings. The first kappa shape index (κ1) is 23.9. The molecule has 0 radical (unpaired) electrons. The molecular formula is C26H21ClFNO4S. The monoisotopic (exact) mass is 497 g/mol. The summed E-state index contributed by atoms with van der Waals surface area (Å²) in [5, 5.41) is -0.254. The molecule has 1 fully saturated rings. The smallest absolute Gasteiger partial charge is 0.293 e. The number of hydrogen-bond acceptors (Lipinski definition) is 5. The van der Waals surface area contributed by atoms with E-state index in [4.69, 9.17) is 21.1 Å². The van der Waals surface area contributed by atoms with Gasteiger partial charge in [-0.15, -0.1) is 0 Å². The van der Waals surface area contributed by atoms with Gasteiger partial charge >= 0.3 is 0 Å². The summed E-state index contributed by atoms with van der Waals surface area (Å²) in [6.45, 7) is 2.64. The lowest BCUT2D eigenvalue weighted by Crippen LogP contribution is -2.27. The predicted octanol–water partition coefficient (Wildman–Crippen LogP) is 6.48. The first-order valence-electron chi connectivity index (χ1n) is 10.5. The molecule has 0 aromatic heterocycles. The van der Waals surface area contributed by atoms with Crippen molar-refractivity contribution in [1.29, 1.82) is 0 Å². The highest BCUT2D eigenvalue weighted by molar-refractivity contribution is 8.18. The number of hydrogen-bond donors (Lipinski definition) is 0. The van der Waals surface area contributed by atoms with Crippen LogP contribution >= 0.6 is 23.4 Å².